The molecule has 0 aromatic rings. The highest BCUT2D eigenvalue weighted by Gasteiger charge is 2.47. The third-order valence-electron chi connectivity index (χ3n) is 2.98. The molecule has 1 saturated heterocycles. The molecule has 0 bridgehead atoms. The van der Waals surface area contributed by atoms with E-state index in [2.05, 4.69) is 22.2 Å². The average molecular weight is 287 g/mol. The molecule has 0 aromatic heterocycles. The first kappa shape index (κ1) is 15.8. The second-order valence-electron chi connectivity index (χ2n) is 4.49. The SMILES string of the molecule is CCCCC1(C)SC(=NOC(=O)NC)N(CC)C1=O. The zero-order valence-corrected chi connectivity index (χ0v) is 12.7. The van der Waals surface area contributed by atoms with Crippen LogP contribution in [0, 0.1) is 0 Å². The molecule has 1 unspecified atom stereocenters. The fraction of sp³-hybridized carbons (Fsp3) is 0.750. The molecular formula is C12H21N3O3S. The Hall–Kier alpha value is -1.24. The van der Waals surface area contributed by atoms with Crippen LogP contribution < -0.4 is 5.32 Å². The Bertz CT molecular complexity index is 386. The molecule has 1 N–H and O–H groups in total. The Morgan fingerprint density at radius 3 is 2.74 bits per heavy atom. The predicted octanol–water partition coefficient (Wildman–Crippen LogP) is 2.16. The van der Waals surface area contributed by atoms with Crippen LogP contribution in [-0.4, -0.2) is 40.4 Å². The van der Waals surface area contributed by atoms with Crippen LogP contribution in [0.1, 0.15) is 40.0 Å². The van der Waals surface area contributed by atoms with Crippen molar-refractivity contribution in [2.24, 2.45) is 5.16 Å². The summed E-state index contributed by atoms with van der Waals surface area (Å²) in [5.74, 6) is 0.0349. The maximum Gasteiger partial charge on any atom is 0.433 e. The van der Waals surface area contributed by atoms with E-state index >= 15 is 0 Å². The minimum absolute atomic E-state index is 0.0349. The maximum absolute atomic E-state index is 12.4. The van der Waals surface area contributed by atoms with E-state index in [9.17, 15) is 9.59 Å². The summed E-state index contributed by atoms with van der Waals surface area (Å²) in [5, 5.41) is 6.53. The van der Waals surface area contributed by atoms with Gasteiger partial charge in [-0.1, -0.05) is 31.5 Å². The van der Waals surface area contributed by atoms with Crippen molar-refractivity contribution in [1.82, 2.24) is 10.2 Å². The summed E-state index contributed by atoms with van der Waals surface area (Å²) in [4.78, 5) is 29.6. The molecule has 0 aliphatic carbocycles. The predicted molar refractivity (Wildman–Crippen MR) is 75.9 cm³/mol. The molecule has 0 aromatic carbocycles. The summed E-state index contributed by atoms with van der Waals surface area (Å²) in [6, 6.07) is 0. The fourth-order valence-corrected chi connectivity index (χ4v) is 3.06. The topological polar surface area (TPSA) is 71.0 Å². The van der Waals surface area contributed by atoms with E-state index < -0.39 is 10.8 Å². The van der Waals surface area contributed by atoms with Crippen molar-refractivity contribution in [1.29, 1.82) is 0 Å². The second-order valence-corrected chi connectivity index (χ2v) is 5.96. The van der Waals surface area contributed by atoms with Gasteiger partial charge >= 0.3 is 6.09 Å². The first-order chi connectivity index (χ1) is 8.98. The van der Waals surface area contributed by atoms with E-state index in [1.54, 1.807) is 4.90 Å². The van der Waals surface area contributed by atoms with Crippen LogP contribution in [0.3, 0.4) is 0 Å². The zero-order chi connectivity index (χ0) is 14.5. The average Bonchev–Trinajstić information content (AvgIpc) is 2.65. The molecule has 7 heteroatoms. The van der Waals surface area contributed by atoms with Crippen LogP contribution in [0.15, 0.2) is 5.16 Å². The summed E-state index contributed by atoms with van der Waals surface area (Å²) < 4.78 is -0.503. The maximum atomic E-state index is 12.4. The van der Waals surface area contributed by atoms with E-state index in [0.29, 0.717) is 11.7 Å². The van der Waals surface area contributed by atoms with Gasteiger partial charge in [-0.3, -0.25) is 14.5 Å². The lowest BCUT2D eigenvalue weighted by molar-refractivity contribution is -0.128. The summed E-state index contributed by atoms with van der Waals surface area (Å²) in [6.45, 7) is 6.40. The molecule has 1 aliphatic rings. The normalized spacial score (nSPS) is 24.9. The molecule has 6 nitrogen and oxygen atoms in total. The van der Waals surface area contributed by atoms with Crippen molar-refractivity contribution in [3.63, 3.8) is 0 Å². The zero-order valence-electron chi connectivity index (χ0n) is 11.9. The number of carbonyl (C=O) groups excluding carboxylic acids is 2. The monoisotopic (exact) mass is 287 g/mol. The van der Waals surface area contributed by atoms with Crippen LogP contribution in [0.4, 0.5) is 4.79 Å². The number of amidine groups is 1. The van der Waals surface area contributed by atoms with E-state index in [-0.39, 0.29) is 5.91 Å². The van der Waals surface area contributed by atoms with Gasteiger partial charge in [0.1, 0.15) is 0 Å². The van der Waals surface area contributed by atoms with Gasteiger partial charge in [0.2, 0.25) is 11.1 Å². The largest absolute Gasteiger partial charge is 0.433 e. The standard InChI is InChI=1S/C12H21N3O3S/c1-5-7-8-12(3)9(16)15(6-2)10(19-12)14-18-11(17)13-4/h5-8H2,1-4H3,(H,13,17). The first-order valence-electron chi connectivity index (χ1n) is 6.46. The van der Waals surface area contributed by atoms with Crippen molar-refractivity contribution in [2.45, 2.75) is 44.8 Å². The van der Waals surface area contributed by atoms with Crippen molar-refractivity contribution in [2.75, 3.05) is 13.6 Å². The summed E-state index contributed by atoms with van der Waals surface area (Å²) in [5.41, 5.74) is 0. The van der Waals surface area contributed by atoms with Gasteiger partial charge in [0.15, 0.2) is 0 Å². The van der Waals surface area contributed by atoms with Gasteiger partial charge in [0, 0.05) is 13.6 Å². The Morgan fingerprint density at radius 1 is 1.53 bits per heavy atom. The molecule has 0 saturated carbocycles. The Kier molecular flexibility index (Phi) is 5.65. The summed E-state index contributed by atoms with van der Waals surface area (Å²) in [7, 11) is 1.46. The molecule has 108 valence electrons. The molecule has 1 rings (SSSR count). The number of nitrogens with one attached hydrogen (secondary N) is 1. The number of carbonyl (C=O) groups is 2. The molecule has 2 amide bonds. The third-order valence-corrected chi connectivity index (χ3v) is 4.29. The summed E-state index contributed by atoms with van der Waals surface area (Å²) >= 11 is 1.37. The first-order valence-corrected chi connectivity index (χ1v) is 7.27. The lowest BCUT2D eigenvalue weighted by atomic mass is 10.0. The highest BCUT2D eigenvalue weighted by Crippen LogP contribution is 2.40. The van der Waals surface area contributed by atoms with Gasteiger partial charge in [-0.05, 0) is 25.4 Å². The van der Waals surface area contributed by atoms with Gasteiger partial charge in [-0.2, -0.15) is 0 Å². The number of thioether (sulfide) groups is 1. The minimum atomic E-state index is -0.640. The molecule has 0 radical (unpaired) electrons. The molecule has 19 heavy (non-hydrogen) atoms. The molecule has 1 heterocycles. The van der Waals surface area contributed by atoms with Crippen molar-refractivity contribution in [3.05, 3.63) is 0 Å². The quantitative estimate of drug-likeness (QED) is 0.621. The lowest BCUT2D eigenvalue weighted by Gasteiger charge is -2.19. The number of hydrogen-bond acceptors (Lipinski definition) is 5. The van der Waals surface area contributed by atoms with Crippen LogP contribution in [0.2, 0.25) is 0 Å². The van der Waals surface area contributed by atoms with E-state index in [1.807, 2.05) is 13.8 Å². The number of unbranched alkanes of at least 4 members (excludes halogenated alkanes) is 1. The van der Waals surface area contributed by atoms with Crippen molar-refractivity contribution < 1.29 is 14.4 Å². The molecule has 1 aliphatic heterocycles. The summed E-state index contributed by atoms with van der Waals surface area (Å²) in [6.07, 6.45) is 2.18. The Balaban J connectivity index is 2.83. The fourth-order valence-electron chi connectivity index (χ4n) is 1.82. The van der Waals surface area contributed by atoms with Crippen molar-refractivity contribution >= 4 is 28.9 Å². The number of hydrogen-bond donors (Lipinski definition) is 1. The van der Waals surface area contributed by atoms with E-state index in [0.717, 1.165) is 19.3 Å². The second kappa shape index (κ2) is 6.79. The van der Waals surface area contributed by atoms with Gasteiger partial charge < -0.3 is 5.32 Å². The molecule has 0 spiro atoms. The minimum Gasteiger partial charge on any atom is -0.323 e. The van der Waals surface area contributed by atoms with Gasteiger partial charge in [0.25, 0.3) is 0 Å². The van der Waals surface area contributed by atoms with Crippen LogP contribution in [0.25, 0.3) is 0 Å². The lowest BCUT2D eigenvalue weighted by Crippen LogP contribution is -2.37. The van der Waals surface area contributed by atoms with Crippen molar-refractivity contribution in [3.8, 4) is 0 Å². The smallest absolute Gasteiger partial charge is 0.323 e. The number of oxime groups is 1. The van der Waals surface area contributed by atoms with Gasteiger partial charge in [-0.25, -0.2) is 4.79 Å². The Labute approximate surface area is 117 Å². The van der Waals surface area contributed by atoms with Crippen LogP contribution >= 0.6 is 11.8 Å². The van der Waals surface area contributed by atoms with E-state index in [1.165, 1.54) is 18.8 Å². The van der Waals surface area contributed by atoms with Gasteiger partial charge in [-0.15, -0.1) is 0 Å². The number of rotatable bonds is 5. The highest BCUT2D eigenvalue weighted by atomic mass is 32.2. The Morgan fingerprint density at radius 2 is 2.21 bits per heavy atom. The van der Waals surface area contributed by atoms with Crippen LogP contribution in [0.5, 0.6) is 0 Å². The number of amides is 2. The molecule has 1 fully saturated rings. The number of nitrogens with zero attached hydrogens (tertiary/aromatic N) is 2. The van der Waals surface area contributed by atoms with Crippen LogP contribution in [-0.2, 0) is 9.63 Å². The highest BCUT2D eigenvalue weighted by molar-refractivity contribution is 8.16. The third kappa shape index (κ3) is 3.62. The van der Waals surface area contributed by atoms with E-state index in [4.69, 9.17) is 0 Å². The van der Waals surface area contributed by atoms with Gasteiger partial charge in [0.05, 0.1) is 4.75 Å². The molecular weight excluding hydrogens is 266 g/mol. The molecule has 1 atom stereocenters.